The topological polar surface area (TPSA) is 132 Å². The summed E-state index contributed by atoms with van der Waals surface area (Å²) in [6.45, 7) is 10.7. The fourth-order valence-corrected chi connectivity index (χ4v) is 10.1. The summed E-state index contributed by atoms with van der Waals surface area (Å²) in [5.74, 6) is -4.58. The Morgan fingerprint density at radius 3 is 0.491 bits per heavy atom. The lowest BCUT2D eigenvalue weighted by Gasteiger charge is -2.06. The molecule has 110 heavy (non-hydrogen) atoms. The van der Waals surface area contributed by atoms with E-state index in [2.05, 4.69) is 34.6 Å². The fraction of sp³-hybridized carbons (Fsp3) is 0.235. The number of carbonyl (C=O) groups is 5. The van der Waals surface area contributed by atoms with Crippen LogP contribution in [-0.2, 0) is 32.1 Å². The second-order valence-electron chi connectivity index (χ2n) is 23.9. The standard InChI is InChI=1S/5C17H16FO2S.5FH/c5*1-2-3-4-12-5-7-13(8-6-12)17(19)20-14-9-10-16(21)15(18)11-14;;;;;/h5*5-11H,2-4H2,1H3;5*1H. The van der Waals surface area contributed by atoms with Gasteiger partial charge >= 0.3 is 29.8 Å². The van der Waals surface area contributed by atoms with Crippen molar-refractivity contribution in [1.82, 2.24) is 0 Å². The molecule has 0 saturated heterocycles. The van der Waals surface area contributed by atoms with E-state index in [-0.39, 0.29) is 76.7 Å². The highest BCUT2D eigenvalue weighted by molar-refractivity contribution is 7.81. The van der Waals surface area contributed by atoms with Gasteiger partial charge in [0.1, 0.15) is 57.8 Å². The largest absolute Gasteiger partial charge is 0.423 e. The first kappa shape index (κ1) is 98.0. The van der Waals surface area contributed by atoms with Crippen LogP contribution in [0.25, 0.3) is 0 Å². The smallest absolute Gasteiger partial charge is 0.343 e. The second-order valence-corrected chi connectivity index (χ2v) is 26.1. The van der Waals surface area contributed by atoms with Crippen LogP contribution in [0.5, 0.6) is 28.7 Å². The lowest BCUT2D eigenvalue weighted by atomic mass is 10.1. The molecule has 0 amide bonds. The molecule has 0 N–H and O–H groups in total. The molecule has 0 heterocycles. The van der Waals surface area contributed by atoms with Crippen molar-refractivity contribution in [2.75, 3.05) is 0 Å². The molecule has 5 radical (unpaired) electrons. The van der Waals surface area contributed by atoms with E-state index >= 15 is 0 Å². The van der Waals surface area contributed by atoms with Gasteiger partial charge in [0.05, 0.1) is 52.3 Å². The normalized spacial score (nSPS) is 9.91. The van der Waals surface area contributed by atoms with Gasteiger partial charge in [-0.1, -0.05) is 191 Å². The Morgan fingerprint density at radius 2 is 0.373 bits per heavy atom. The first-order valence-electron chi connectivity index (χ1n) is 34.4. The Morgan fingerprint density at radius 1 is 0.236 bits per heavy atom. The zero-order valence-electron chi connectivity index (χ0n) is 60.9. The van der Waals surface area contributed by atoms with E-state index < -0.39 is 58.9 Å². The molecule has 0 aliphatic carbocycles. The first-order valence-corrected chi connectivity index (χ1v) is 36.4. The average molecular weight is 1620 g/mol. The number of hydrogen-bond donors (Lipinski definition) is 0. The molecule has 25 heteroatoms. The summed E-state index contributed by atoms with van der Waals surface area (Å²) in [4.78, 5) is 60.4. The van der Waals surface area contributed by atoms with Crippen molar-refractivity contribution in [3.05, 3.63) is 297 Å². The maximum atomic E-state index is 13.3. The molecule has 0 aliphatic heterocycles. The maximum absolute atomic E-state index is 13.3. The third-order valence-corrected chi connectivity index (χ3v) is 17.3. The quantitative estimate of drug-likeness (QED) is 0.0309. The van der Waals surface area contributed by atoms with Crippen LogP contribution < -0.4 is 23.7 Å². The lowest BCUT2D eigenvalue weighted by Crippen LogP contribution is -2.08. The Bertz CT molecular complexity index is 3790. The monoisotopic (exact) mass is 1620 g/mol. The molecular formula is C85H85F10O10S5. The van der Waals surface area contributed by atoms with Crippen molar-refractivity contribution >= 4 is 93.0 Å². The molecule has 0 aromatic heterocycles. The second kappa shape index (κ2) is 52.1. The maximum Gasteiger partial charge on any atom is 0.343 e. The average Bonchev–Trinajstić information content (AvgIpc) is 0.874. The predicted molar refractivity (Wildman–Crippen MR) is 424 cm³/mol. The molecule has 10 aromatic rings. The number of ether oxygens (including phenoxy) is 5. The molecule has 0 spiro atoms. The van der Waals surface area contributed by atoms with Crippen LogP contribution in [0, 0.1) is 29.1 Å². The van der Waals surface area contributed by atoms with E-state index in [1.165, 1.54) is 88.5 Å². The molecule has 585 valence electrons. The SMILES string of the molecule is CCCCc1ccc(C(=O)Oc2ccc([S])c(F)c2)cc1.CCCCc1ccc(C(=O)Oc2ccc([S])c(F)c2)cc1.CCCCc1ccc(C(=O)Oc2ccc([S])c(F)c2)cc1.CCCCc1ccc(C(=O)Oc2ccc([S])c(F)c2)cc1.CCCCc1ccc(C(=O)Oc2ccc([S])c(F)c2)cc1.F.F.F.F.F. The van der Waals surface area contributed by atoms with E-state index in [1.807, 2.05) is 60.7 Å². The van der Waals surface area contributed by atoms with Crippen molar-refractivity contribution in [2.24, 2.45) is 0 Å². The number of benzene rings is 10. The minimum Gasteiger partial charge on any atom is -0.423 e. The molecule has 0 aliphatic rings. The first-order chi connectivity index (χ1) is 50.5. The van der Waals surface area contributed by atoms with Gasteiger partial charge in [0.25, 0.3) is 0 Å². The molecule has 0 saturated carbocycles. The number of halogens is 10. The predicted octanol–water partition coefficient (Wildman–Crippen LogP) is 25.5. The van der Waals surface area contributed by atoms with E-state index in [4.69, 9.17) is 86.8 Å². The summed E-state index contributed by atoms with van der Waals surface area (Å²) in [5.41, 5.74) is 8.16. The number of esters is 5. The lowest BCUT2D eigenvalue weighted by molar-refractivity contribution is 0.0724. The molecule has 10 rings (SSSR count). The minimum absolute atomic E-state index is 0. The third-order valence-electron chi connectivity index (χ3n) is 15.6. The zero-order valence-corrected chi connectivity index (χ0v) is 65.0. The molecule has 0 bridgehead atoms. The zero-order chi connectivity index (χ0) is 76.2. The van der Waals surface area contributed by atoms with Crippen molar-refractivity contribution in [2.45, 2.75) is 155 Å². The Hall–Kier alpha value is -10.1. The van der Waals surface area contributed by atoms with Gasteiger partial charge in [-0.15, -0.1) is 0 Å². The summed E-state index contributed by atoms with van der Waals surface area (Å²) in [7, 11) is 0. The van der Waals surface area contributed by atoms with E-state index in [9.17, 15) is 45.9 Å². The Kier molecular flexibility index (Phi) is 46.4. The third kappa shape index (κ3) is 33.8. The van der Waals surface area contributed by atoms with Crippen LogP contribution in [0.3, 0.4) is 0 Å². The van der Waals surface area contributed by atoms with Gasteiger partial charge in [-0.3, -0.25) is 23.5 Å². The molecular weight excluding hydrogens is 1530 g/mol. The number of unbranched alkanes of at least 4 members (excludes halogenated alkanes) is 5. The van der Waals surface area contributed by atoms with Crippen LogP contribution in [0.2, 0.25) is 0 Å². The van der Waals surface area contributed by atoms with Crippen LogP contribution in [0.4, 0.5) is 45.5 Å². The van der Waals surface area contributed by atoms with E-state index in [0.717, 1.165) is 127 Å². The highest BCUT2D eigenvalue weighted by Crippen LogP contribution is 2.26. The molecule has 0 atom stereocenters. The number of hydrogen-bond acceptors (Lipinski definition) is 10. The van der Waals surface area contributed by atoms with Crippen molar-refractivity contribution in [3.63, 3.8) is 0 Å². The summed E-state index contributed by atoms with van der Waals surface area (Å²) in [6.07, 6.45) is 16.3. The Balaban J connectivity index is 0.000000680. The molecule has 10 nitrogen and oxygen atoms in total. The van der Waals surface area contributed by atoms with E-state index in [0.29, 0.717) is 27.8 Å². The summed E-state index contributed by atoms with van der Waals surface area (Å²) in [5, 5.41) is 0. The molecule has 0 fully saturated rings. The summed E-state index contributed by atoms with van der Waals surface area (Å²) >= 11 is 23.8. The van der Waals surface area contributed by atoms with Gasteiger partial charge in [0, 0.05) is 30.3 Å². The molecule has 10 aromatic carbocycles. The van der Waals surface area contributed by atoms with Gasteiger partial charge in [0.2, 0.25) is 0 Å². The Labute approximate surface area is 663 Å². The van der Waals surface area contributed by atoms with Crippen LogP contribution in [0.15, 0.2) is 237 Å². The fourth-order valence-electron chi connectivity index (χ4n) is 9.50. The van der Waals surface area contributed by atoms with Crippen molar-refractivity contribution < 1.29 is 93.1 Å². The summed E-state index contributed by atoms with van der Waals surface area (Å²) < 4.78 is 92.2. The van der Waals surface area contributed by atoms with E-state index in [1.54, 1.807) is 60.7 Å². The van der Waals surface area contributed by atoms with Gasteiger partial charge < -0.3 is 23.7 Å². The van der Waals surface area contributed by atoms with Crippen molar-refractivity contribution in [3.8, 4) is 28.7 Å². The van der Waals surface area contributed by atoms with Crippen LogP contribution >= 0.6 is 63.1 Å². The van der Waals surface area contributed by atoms with Crippen LogP contribution in [-0.4, -0.2) is 29.8 Å². The van der Waals surface area contributed by atoms with Crippen molar-refractivity contribution in [1.29, 1.82) is 0 Å². The number of rotatable bonds is 25. The van der Waals surface area contributed by atoms with Gasteiger partial charge in [-0.25, -0.2) is 45.9 Å². The highest BCUT2D eigenvalue weighted by Gasteiger charge is 2.16. The number of aryl methyl sites for hydroxylation is 5. The number of carbonyl (C=O) groups excluding carboxylic acids is 5. The van der Waals surface area contributed by atoms with Gasteiger partial charge in [0.15, 0.2) is 0 Å². The minimum atomic E-state index is -0.565. The van der Waals surface area contributed by atoms with Crippen LogP contribution in [0.1, 0.15) is 178 Å². The summed E-state index contributed by atoms with van der Waals surface area (Å²) in [6, 6.07) is 56.5. The van der Waals surface area contributed by atoms with Gasteiger partial charge in [-0.05, 0) is 213 Å². The molecule has 0 unspecified atom stereocenters. The van der Waals surface area contributed by atoms with Gasteiger partial charge in [-0.2, -0.15) is 0 Å². The highest BCUT2D eigenvalue weighted by atomic mass is 32.1.